The molecule has 1 aromatic heterocycles. The van der Waals surface area contributed by atoms with Crippen LogP contribution in [-0.2, 0) is 10.0 Å². The summed E-state index contributed by atoms with van der Waals surface area (Å²) in [5.74, 6) is 0.697. The molecule has 0 fully saturated rings. The normalized spacial score (nSPS) is 13.6. The number of hydrogen-bond donors (Lipinski definition) is 2. The van der Waals surface area contributed by atoms with Gasteiger partial charge < -0.3 is 4.98 Å². The average molecular weight is 262 g/mol. The monoisotopic (exact) mass is 262 g/mol. The third kappa shape index (κ3) is 3.66. The van der Waals surface area contributed by atoms with E-state index in [2.05, 4.69) is 9.71 Å². The molecule has 0 radical (unpaired) electrons. The number of hydrogen-bond acceptors (Lipinski definition) is 4. The molecule has 0 saturated heterocycles. The zero-order chi connectivity index (χ0) is 12.2. The Morgan fingerprint density at radius 2 is 2.19 bits per heavy atom. The highest BCUT2D eigenvalue weighted by atomic mass is 32.2. The van der Waals surface area contributed by atoms with Crippen LogP contribution >= 0.6 is 11.8 Å². The van der Waals surface area contributed by atoms with Crippen molar-refractivity contribution in [3.8, 4) is 0 Å². The van der Waals surface area contributed by atoms with Gasteiger partial charge in [0.05, 0.1) is 4.90 Å². The van der Waals surface area contributed by atoms with E-state index in [-0.39, 0.29) is 16.5 Å². The SMILES string of the molecule is CSCC(C)NS(=O)(=O)c1ccc(=O)[nH]c1. The predicted molar refractivity (Wildman–Crippen MR) is 65.2 cm³/mol. The van der Waals surface area contributed by atoms with Gasteiger partial charge in [-0.05, 0) is 19.2 Å². The second kappa shape index (κ2) is 5.51. The van der Waals surface area contributed by atoms with Crippen molar-refractivity contribution in [3.05, 3.63) is 28.7 Å². The highest BCUT2D eigenvalue weighted by molar-refractivity contribution is 7.98. The van der Waals surface area contributed by atoms with Gasteiger partial charge in [0, 0.05) is 24.1 Å². The Labute approximate surface area is 98.7 Å². The van der Waals surface area contributed by atoms with Crippen molar-refractivity contribution in [2.24, 2.45) is 0 Å². The molecule has 7 heteroatoms. The number of sulfonamides is 1. The van der Waals surface area contributed by atoms with Crippen LogP contribution in [0.1, 0.15) is 6.92 Å². The third-order valence-electron chi connectivity index (χ3n) is 1.84. The molecule has 0 aliphatic carbocycles. The molecule has 0 aliphatic rings. The van der Waals surface area contributed by atoms with Gasteiger partial charge in [-0.15, -0.1) is 0 Å². The largest absolute Gasteiger partial charge is 0.328 e. The number of pyridine rings is 1. The van der Waals surface area contributed by atoms with E-state index in [0.717, 1.165) is 0 Å². The highest BCUT2D eigenvalue weighted by Crippen LogP contribution is 2.06. The summed E-state index contributed by atoms with van der Waals surface area (Å²) in [6.07, 6.45) is 3.10. The molecular formula is C9H14N2O3S2. The van der Waals surface area contributed by atoms with E-state index in [1.165, 1.54) is 18.3 Å². The van der Waals surface area contributed by atoms with Crippen LogP contribution in [0, 0.1) is 0 Å². The first-order valence-corrected chi connectivity index (χ1v) is 7.53. The van der Waals surface area contributed by atoms with Gasteiger partial charge in [0.2, 0.25) is 15.6 Å². The van der Waals surface area contributed by atoms with Gasteiger partial charge in [-0.25, -0.2) is 13.1 Å². The summed E-state index contributed by atoms with van der Waals surface area (Å²) in [5, 5.41) is 0. The Morgan fingerprint density at radius 1 is 1.50 bits per heavy atom. The van der Waals surface area contributed by atoms with Crippen molar-refractivity contribution < 1.29 is 8.42 Å². The molecular weight excluding hydrogens is 248 g/mol. The Bertz CT molecular complexity index is 475. The number of thioether (sulfide) groups is 1. The van der Waals surface area contributed by atoms with Gasteiger partial charge in [-0.2, -0.15) is 11.8 Å². The van der Waals surface area contributed by atoms with Crippen LogP contribution in [-0.4, -0.2) is 31.5 Å². The van der Waals surface area contributed by atoms with Gasteiger partial charge in [0.15, 0.2) is 0 Å². The smallest absolute Gasteiger partial charge is 0.247 e. The lowest BCUT2D eigenvalue weighted by Crippen LogP contribution is -2.34. The molecule has 1 heterocycles. The van der Waals surface area contributed by atoms with Crippen molar-refractivity contribution in [1.29, 1.82) is 0 Å². The molecule has 1 rings (SSSR count). The Kier molecular flexibility index (Phi) is 4.57. The zero-order valence-electron chi connectivity index (χ0n) is 9.06. The summed E-state index contributed by atoms with van der Waals surface area (Å²) in [6, 6.07) is 2.33. The first-order valence-electron chi connectivity index (χ1n) is 4.65. The maximum atomic E-state index is 11.8. The van der Waals surface area contributed by atoms with E-state index in [0.29, 0.717) is 5.75 Å². The van der Waals surface area contributed by atoms with Crippen molar-refractivity contribution in [3.63, 3.8) is 0 Å². The van der Waals surface area contributed by atoms with Crippen molar-refractivity contribution in [2.45, 2.75) is 17.9 Å². The van der Waals surface area contributed by atoms with Gasteiger partial charge >= 0.3 is 0 Å². The summed E-state index contributed by atoms with van der Waals surface area (Å²) in [4.78, 5) is 13.2. The molecule has 5 nitrogen and oxygen atoms in total. The fourth-order valence-electron chi connectivity index (χ4n) is 1.18. The van der Waals surface area contributed by atoms with Gasteiger partial charge in [0.25, 0.3) is 0 Å². The average Bonchev–Trinajstić information content (AvgIpc) is 2.17. The molecule has 0 bridgehead atoms. The Hall–Kier alpha value is -0.790. The lowest BCUT2D eigenvalue weighted by atomic mass is 10.4. The van der Waals surface area contributed by atoms with Gasteiger partial charge in [-0.1, -0.05) is 0 Å². The zero-order valence-corrected chi connectivity index (χ0v) is 10.7. The molecule has 1 unspecified atom stereocenters. The molecule has 0 amide bonds. The van der Waals surface area contributed by atoms with Crippen LogP contribution in [0.5, 0.6) is 0 Å². The number of nitrogens with one attached hydrogen (secondary N) is 2. The second-order valence-corrected chi connectivity index (χ2v) is 5.99. The van der Waals surface area contributed by atoms with E-state index in [1.807, 2.05) is 6.26 Å². The van der Waals surface area contributed by atoms with Gasteiger partial charge in [0.1, 0.15) is 0 Å². The third-order valence-corrected chi connectivity index (χ3v) is 4.26. The van der Waals surface area contributed by atoms with Gasteiger partial charge in [-0.3, -0.25) is 4.79 Å². The minimum atomic E-state index is -3.53. The summed E-state index contributed by atoms with van der Waals surface area (Å²) >= 11 is 1.56. The summed E-state index contributed by atoms with van der Waals surface area (Å²) in [7, 11) is -3.53. The standard InChI is InChI=1S/C9H14N2O3S2/c1-7(6-15-2)11-16(13,14)8-3-4-9(12)10-5-8/h3-5,7,11H,6H2,1-2H3,(H,10,12). The highest BCUT2D eigenvalue weighted by Gasteiger charge is 2.16. The van der Waals surface area contributed by atoms with Crippen LogP contribution in [0.3, 0.4) is 0 Å². The lowest BCUT2D eigenvalue weighted by molar-refractivity contribution is 0.570. The molecule has 0 saturated carbocycles. The minimum absolute atomic E-state index is 0.0695. The lowest BCUT2D eigenvalue weighted by Gasteiger charge is -2.12. The minimum Gasteiger partial charge on any atom is -0.328 e. The fraction of sp³-hybridized carbons (Fsp3) is 0.444. The predicted octanol–water partition coefficient (Wildman–Crippen LogP) is 0.405. The summed E-state index contributed by atoms with van der Waals surface area (Å²) in [5.41, 5.74) is -0.323. The Balaban J connectivity index is 2.86. The van der Waals surface area contributed by atoms with Crippen LogP contribution < -0.4 is 10.3 Å². The molecule has 0 aliphatic heterocycles. The summed E-state index contributed by atoms with van der Waals surface area (Å²) in [6.45, 7) is 1.79. The van der Waals surface area contributed by atoms with E-state index in [1.54, 1.807) is 18.7 Å². The molecule has 2 N–H and O–H groups in total. The summed E-state index contributed by atoms with van der Waals surface area (Å²) < 4.78 is 26.1. The van der Waals surface area contributed by atoms with E-state index in [4.69, 9.17) is 0 Å². The first kappa shape index (κ1) is 13.3. The van der Waals surface area contributed by atoms with Crippen LogP contribution in [0.25, 0.3) is 0 Å². The topological polar surface area (TPSA) is 79.0 Å². The van der Waals surface area contributed by atoms with Crippen molar-refractivity contribution in [2.75, 3.05) is 12.0 Å². The number of aromatic amines is 1. The van der Waals surface area contributed by atoms with E-state index in [9.17, 15) is 13.2 Å². The van der Waals surface area contributed by atoms with Crippen LogP contribution in [0.2, 0.25) is 0 Å². The van der Waals surface area contributed by atoms with E-state index >= 15 is 0 Å². The maximum Gasteiger partial charge on any atom is 0.247 e. The molecule has 16 heavy (non-hydrogen) atoms. The number of rotatable bonds is 5. The fourth-order valence-corrected chi connectivity index (χ4v) is 3.08. The second-order valence-electron chi connectivity index (χ2n) is 3.37. The number of aromatic nitrogens is 1. The van der Waals surface area contributed by atoms with Crippen LogP contribution in [0.15, 0.2) is 28.0 Å². The molecule has 0 spiro atoms. The molecule has 1 atom stereocenters. The Morgan fingerprint density at radius 3 is 2.69 bits per heavy atom. The molecule has 1 aromatic rings. The number of H-pyrrole nitrogens is 1. The quantitative estimate of drug-likeness (QED) is 0.805. The first-order chi connectivity index (χ1) is 7.45. The molecule has 0 aromatic carbocycles. The van der Waals surface area contributed by atoms with Crippen molar-refractivity contribution >= 4 is 21.8 Å². The van der Waals surface area contributed by atoms with Crippen molar-refractivity contribution in [1.82, 2.24) is 9.71 Å². The van der Waals surface area contributed by atoms with Crippen LogP contribution in [0.4, 0.5) is 0 Å². The molecule has 90 valence electrons. The van der Waals surface area contributed by atoms with E-state index < -0.39 is 10.0 Å². The maximum absolute atomic E-state index is 11.8.